The first-order valence-corrected chi connectivity index (χ1v) is 6.74. The predicted molar refractivity (Wildman–Crippen MR) is 77.5 cm³/mol. The number of ether oxygens (including phenoxy) is 1. The summed E-state index contributed by atoms with van der Waals surface area (Å²) >= 11 is 3.50. The van der Waals surface area contributed by atoms with Gasteiger partial charge >= 0.3 is 0 Å². The first kappa shape index (κ1) is 14.3. The van der Waals surface area contributed by atoms with Crippen LogP contribution < -0.4 is 10.1 Å². The first-order chi connectivity index (χ1) is 8.21. The van der Waals surface area contributed by atoms with Crippen LogP contribution in [0, 0.1) is 0 Å². The molecule has 0 radical (unpaired) electrons. The molecule has 0 aliphatic rings. The Kier molecular flexibility index (Phi) is 6.30. The van der Waals surface area contributed by atoms with E-state index < -0.39 is 0 Å². The van der Waals surface area contributed by atoms with Crippen LogP contribution in [0.2, 0.25) is 0 Å². The highest BCUT2D eigenvalue weighted by Crippen LogP contribution is 2.26. The fourth-order valence-corrected chi connectivity index (χ4v) is 2.13. The van der Waals surface area contributed by atoms with Crippen LogP contribution in [0.4, 0.5) is 0 Å². The molecule has 17 heavy (non-hydrogen) atoms. The van der Waals surface area contributed by atoms with Crippen molar-refractivity contribution in [3.8, 4) is 5.75 Å². The van der Waals surface area contributed by atoms with E-state index in [-0.39, 0.29) is 0 Å². The largest absolute Gasteiger partial charge is 0.496 e. The molecule has 94 valence electrons. The maximum Gasteiger partial charge on any atom is 0.133 e. The molecule has 0 bridgehead atoms. The Morgan fingerprint density at radius 3 is 2.71 bits per heavy atom. The van der Waals surface area contributed by atoms with E-state index in [4.69, 9.17) is 4.74 Å². The SMILES string of the molecule is CCNCC(=Cc1ccc(OC)c(Br)c1)CC. The lowest BCUT2D eigenvalue weighted by molar-refractivity contribution is 0.412. The molecular weight excluding hydrogens is 278 g/mol. The third-order valence-electron chi connectivity index (χ3n) is 2.60. The van der Waals surface area contributed by atoms with Gasteiger partial charge in [0.1, 0.15) is 5.75 Å². The van der Waals surface area contributed by atoms with Gasteiger partial charge in [0.15, 0.2) is 0 Å². The zero-order valence-corrected chi connectivity index (χ0v) is 12.3. The molecule has 0 saturated carbocycles. The quantitative estimate of drug-likeness (QED) is 0.861. The average molecular weight is 298 g/mol. The van der Waals surface area contributed by atoms with Crippen molar-refractivity contribution in [2.75, 3.05) is 20.2 Å². The van der Waals surface area contributed by atoms with Crippen LogP contribution in [0.5, 0.6) is 5.75 Å². The van der Waals surface area contributed by atoms with E-state index in [1.54, 1.807) is 7.11 Å². The molecule has 0 amide bonds. The van der Waals surface area contributed by atoms with E-state index in [0.29, 0.717) is 0 Å². The smallest absolute Gasteiger partial charge is 0.133 e. The van der Waals surface area contributed by atoms with E-state index in [1.807, 2.05) is 6.07 Å². The van der Waals surface area contributed by atoms with Gasteiger partial charge in [0.05, 0.1) is 11.6 Å². The van der Waals surface area contributed by atoms with E-state index in [1.165, 1.54) is 11.1 Å². The number of methoxy groups -OCH3 is 1. The summed E-state index contributed by atoms with van der Waals surface area (Å²) in [6, 6.07) is 6.14. The van der Waals surface area contributed by atoms with Crippen molar-refractivity contribution in [1.29, 1.82) is 0 Å². The van der Waals surface area contributed by atoms with E-state index in [2.05, 4.69) is 53.3 Å². The number of benzene rings is 1. The van der Waals surface area contributed by atoms with Gasteiger partial charge in [-0.2, -0.15) is 0 Å². The number of likely N-dealkylation sites (N-methyl/N-ethyl adjacent to an activating group) is 1. The lowest BCUT2D eigenvalue weighted by Crippen LogP contribution is -2.15. The summed E-state index contributed by atoms with van der Waals surface area (Å²) in [5.41, 5.74) is 2.61. The Morgan fingerprint density at radius 1 is 1.41 bits per heavy atom. The molecule has 0 unspecified atom stereocenters. The minimum atomic E-state index is 0.867. The molecule has 0 spiro atoms. The maximum absolute atomic E-state index is 5.22. The van der Waals surface area contributed by atoms with Crippen LogP contribution in [0.1, 0.15) is 25.8 Å². The molecule has 0 saturated heterocycles. The second-order valence-electron chi connectivity index (χ2n) is 3.83. The van der Waals surface area contributed by atoms with Crippen molar-refractivity contribution in [3.63, 3.8) is 0 Å². The Hall–Kier alpha value is -0.800. The molecule has 0 aliphatic heterocycles. The molecule has 0 atom stereocenters. The lowest BCUT2D eigenvalue weighted by atomic mass is 10.1. The molecule has 0 fully saturated rings. The van der Waals surface area contributed by atoms with E-state index in [9.17, 15) is 0 Å². The second-order valence-corrected chi connectivity index (χ2v) is 4.68. The van der Waals surface area contributed by atoms with Gasteiger partial charge in [-0.05, 0) is 46.6 Å². The molecule has 1 aromatic carbocycles. The van der Waals surface area contributed by atoms with E-state index in [0.717, 1.165) is 29.7 Å². The van der Waals surface area contributed by atoms with Gasteiger partial charge in [0.2, 0.25) is 0 Å². The fourth-order valence-electron chi connectivity index (χ4n) is 1.57. The number of rotatable bonds is 6. The molecule has 1 rings (SSSR count). The molecule has 0 heterocycles. The third kappa shape index (κ3) is 4.52. The summed E-state index contributed by atoms with van der Waals surface area (Å²) in [6.45, 7) is 6.26. The topological polar surface area (TPSA) is 21.3 Å². The summed E-state index contributed by atoms with van der Waals surface area (Å²) in [6.07, 6.45) is 3.30. The third-order valence-corrected chi connectivity index (χ3v) is 3.22. The van der Waals surface area contributed by atoms with Crippen LogP contribution in [0.3, 0.4) is 0 Å². The van der Waals surface area contributed by atoms with Gasteiger partial charge < -0.3 is 10.1 Å². The molecule has 1 aromatic rings. The van der Waals surface area contributed by atoms with Gasteiger partial charge in [-0.1, -0.05) is 31.6 Å². The van der Waals surface area contributed by atoms with Crippen LogP contribution in [0.25, 0.3) is 6.08 Å². The summed E-state index contributed by atoms with van der Waals surface area (Å²) in [5.74, 6) is 0.867. The number of hydrogen-bond donors (Lipinski definition) is 1. The standard InChI is InChI=1S/C14H20BrNO/c1-4-11(10-16-5-2)8-12-6-7-14(17-3)13(15)9-12/h6-9,16H,4-5,10H2,1-3H3. The van der Waals surface area contributed by atoms with Crippen molar-refractivity contribution in [2.24, 2.45) is 0 Å². The zero-order chi connectivity index (χ0) is 12.7. The minimum Gasteiger partial charge on any atom is -0.496 e. The normalized spacial score (nSPS) is 11.6. The highest BCUT2D eigenvalue weighted by atomic mass is 79.9. The summed E-state index contributed by atoms with van der Waals surface area (Å²) < 4.78 is 6.21. The van der Waals surface area contributed by atoms with Crippen molar-refractivity contribution in [3.05, 3.63) is 33.8 Å². The van der Waals surface area contributed by atoms with Crippen molar-refractivity contribution in [2.45, 2.75) is 20.3 Å². The molecule has 1 N–H and O–H groups in total. The van der Waals surface area contributed by atoms with Crippen LogP contribution in [-0.2, 0) is 0 Å². The molecule has 0 aromatic heterocycles. The maximum atomic E-state index is 5.22. The first-order valence-electron chi connectivity index (χ1n) is 5.95. The van der Waals surface area contributed by atoms with Crippen LogP contribution in [0.15, 0.2) is 28.2 Å². The van der Waals surface area contributed by atoms with Crippen molar-refractivity contribution < 1.29 is 4.74 Å². The Morgan fingerprint density at radius 2 is 2.18 bits per heavy atom. The Balaban J connectivity index is 2.84. The summed E-state index contributed by atoms with van der Waals surface area (Å²) in [4.78, 5) is 0. The van der Waals surface area contributed by atoms with Crippen molar-refractivity contribution in [1.82, 2.24) is 5.32 Å². The van der Waals surface area contributed by atoms with Gasteiger partial charge in [-0.25, -0.2) is 0 Å². The average Bonchev–Trinajstić information content (AvgIpc) is 2.34. The van der Waals surface area contributed by atoms with Crippen molar-refractivity contribution >= 4 is 22.0 Å². The molecule has 2 nitrogen and oxygen atoms in total. The number of halogens is 1. The molecule has 3 heteroatoms. The number of nitrogens with one attached hydrogen (secondary N) is 1. The molecular formula is C14H20BrNO. The van der Waals surface area contributed by atoms with Gasteiger partial charge in [0, 0.05) is 6.54 Å². The summed E-state index contributed by atoms with van der Waals surface area (Å²) in [7, 11) is 1.68. The van der Waals surface area contributed by atoms with E-state index >= 15 is 0 Å². The number of hydrogen-bond acceptors (Lipinski definition) is 2. The van der Waals surface area contributed by atoms with Crippen LogP contribution in [-0.4, -0.2) is 20.2 Å². The lowest BCUT2D eigenvalue weighted by Gasteiger charge is -2.07. The molecule has 0 aliphatic carbocycles. The Bertz CT molecular complexity index is 388. The van der Waals surface area contributed by atoms with Gasteiger partial charge in [-0.3, -0.25) is 0 Å². The van der Waals surface area contributed by atoms with Gasteiger partial charge in [0.25, 0.3) is 0 Å². The second kappa shape index (κ2) is 7.51. The highest BCUT2D eigenvalue weighted by Gasteiger charge is 2.01. The van der Waals surface area contributed by atoms with Gasteiger partial charge in [-0.15, -0.1) is 0 Å². The zero-order valence-electron chi connectivity index (χ0n) is 10.7. The predicted octanol–water partition coefficient (Wildman–Crippen LogP) is 3.86. The minimum absolute atomic E-state index is 0.867. The van der Waals surface area contributed by atoms with Crippen LogP contribution >= 0.6 is 15.9 Å². The monoisotopic (exact) mass is 297 g/mol. The Labute approximate surface area is 112 Å². The summed E-state index contributed by atoms with van der Waals surface area (Å²) in [5, 5.41) is 3.35. The highest BCUT2D eigenvalue weighted by molar-refractivity contribution is 9.10. The fraction of sp³-hybridized carbons (Fsp3) is 0.429.